The molecule has 100 valence electrons. The summed E-state index contributed by atoms with van der Waals surface area (Å²) in [6.45, 7) is 0. The zero-order valence-corrected chi connectivity index (χ0v) is 13.0. The van der Waals surface area contributed by atoms with Crippen LogP contribution in [0, 0.1) is 0 Å². The topological polar surface area (TPSA) is 12.9 Å². The Morgan fingerprint density at radius 1 is 1.00 bits per heavy atom. The summed E-state index contributed by atoms with van der Waals surface area (Å²) in [6, 6.07) is 18.2. The molecule has 20 heavy (non-hydrogen) atoms. The molecule has 0 saturated heterocycles. The van der Waals surface area contributed by atoms with Gasteiger partial charge in [-0.1, -0.05) is 54.1 Å². The number of benzene rings is 2. The standard InChI is InChI=1S/C16H12ClNS2/c17-13-8-4-5-9-15(13)19-11-16-18-14(10-20-16)12-6-2-1-3-7-12/h1-10H,11H2. The molecule has 3 aromatic rings. The lowest BCUT2D eigenvalue weighted by Crippen LogP contribution is -1.81. The minimum Gasteiger partial charge on any atom is -0.240 e. The predicted molar refractivity (Wildman–Crippen MR) is 88.6 cm³/mol. The van der Waals surface area contributed by atoms with E-state index in [1.807, 2.05) is 42.5 Å². The molecule has 0 amide bonds. The largest absolute Gasteiger partial charge is 0.240 e. The highest BCUT2D eigenvalue weighted by molar-refractivity contribution is 7.98. The van der Waals surface area contributed by atoms with Crippen LogP contribution in [0.1, 0.15) is 5.01 Å². The van der Waals surface area contributed by atoms with Crippen molar-refractivity contribution in [3.63, 3.8) is 0 Å². The number of hydrogen-bond donors (Lipinski definition) is 0. The highest BCUT2D eigenvalue weighted by atomic mass is 35.5. The smallest absolute Gasteiger partial charge is 0.104 e. The Hall–Kier alpha value is -1.29. The first-order chi connectivity index (χ1) is 9.83. The normalized spacial score (nSPS) is 10.7. The molecule has 0 bridgehead atoms. The summed E-state index contributed by atoms with van der Waals surface area (Å²) in [4.78, 5) is 5.78. The van der Waals surface area contributed by atoms with Crippen molar-refractivity contribution in [3.05, 3.63) is 70.0 Å². The minimum atomic E-state index is 0.803. The van der Waals surface area contributed by atoms with Gasteiger partial charge in [-0.15, -0.1) is 23.1 Å². The van der Waals surface area contributed by atoms with Gasteiger partial charge < -0.3 is 0 Å². The maximum Gasteiger partial charge on any atom is 0.104 e. The van der Waals surface area contributed by atoms with Gasteiger partial charge in [-0.2, -0.15) is 0 Å². The molecule has 2 aromatic carbocycles. The molecule has 0 N–H and O–H groups in total. The number of rotatable bonds is 4. The van der Waals surface area contributed by atoms with Crippen LogP contribution < -0.4 is 0 Å². The van der Waals surface area contributed by atoms with Crippen molar-refractivity contribution in [1.29, 1.82) is 0 Å². The van der Waals surface area contributed by atoms with E-state index >= 15 is 0 Å². The van der Waals surface area contributed by atoms with Crippen LogP contribution in [0.25, 0.3) is 11.3 Å². The number of aromatic nitrogens is 1. The molecule has 0 spiro atoms. The van der Waals surface area contributed by atoms with Gasteiger partial charge in [0.1, 0.15) is 5.01 Å². The van der Waals surface area contributed by atoms with E-state index in [2.05, 4.69) is 22.5 Å². The van der Waals surface area contributed by atoms with E-state index in [-0.39, 0.29) is 0 Å². The van der Waals surface area contributed by atoms with Crippen LogP contribution in [0.2, 0.25) is 5.02 Å². The van der Waals surface area contributed by atoms with Crippen LogP contribution in [-0.4, -0.2) is 4.98 Å². The molecule has 0 aliphatic carbocycles. The fourth-order valence-electron chi connectivity index (χ4n) is 1.82. The molecule has 0 aliphatic heterocycles. The number of thiazole rings is 1. The molecule has 1 aromatic heterocycles. The second kappa shape index (κ2) is 6.44. The Balaban J connectivity index is 1.71. The fraction of sp³-hybridized carbons (Fsp3) is 0.0625. The number of halogens is 1. The molecule has 0 saturated carbocycles. The summed E-state index contributed by atoms with van der Waals surface area (Å²) in [5.74, 6) is 0.848. The van der Waals surface area contributed by atoms with Gasteiger partial charge in [-0.3, -0.25) is 0 Å². The third-order valence-electron chi connectivity index (χ3n) is 2.81. The summed E-state index contributed by atoms with van der Waals surface area (Å²) < 4.78 is 0. The summed E-state index contributed by atoms with van der Waals surface area (Å²) >= 11 is 9.57. The highest BCUT2D eigenvalue weighted by Gasteiger charge is 2.06. The molecule has 1 nitrogen and oxygen atoms in total. The van der Waals surface area contributed by atoms with Crippen molar-refractivity contribution in [2.24, 2.45) is 0 Å². The van der Waals surface area contributed by atoms with Crippen molar-refractivity contribution < 1.29 is 0 Å². The van der Waals surface area contributed by atoms with Crippen LogP contribution in [0.15, 0.2) is 64.9 Å². The Bertz CT molecular complexity index is 694. The average Bonchev–Trinajstić information content (AvgIpc) is 2.96. The summed E-state index contributed by atoms with van der Waals surface area (Å²) in [6.07, 6.45) is 0. The van der Waals surface area contributed by atoms with E-state index in [1.54, 1.807) is 23.1 Å². The minimum absolute atomic E-state index is 0.803. The SMILES string of the molecule is Clc1ccccc1SCc1nc(-c2ccccc2)cs1. The van der Waals surface area contributed by atoms with E-state index < -0.39 is 0 Å². The molecular formula is C16H12ClNS2. The van der Waals surface area contributed by atoms with Crippen molar-refractivity contribution in [2.45, 2.75) is 10.6 Å². The first kappa shape index (κ1) is 13.7. The highest BCUT2D eigenvalue weighted by Crippen LogP contribution is 2.31. The van der Waals surface area contributed by atoms with Crippen LogP contribution in [-0.2, 0) is 5.75 Å². The van der Waals surface area contributed by atoms with E-state index in [4.69, 9.17) is 11.6 Å². The molecule has 0 aliphatic rings. The molecule has 0 unspecified atom stereocenters. The lowest BCUT2D eigenvalue weighted by atomic mass is 10.2. The Morgan fingerprint density at radius 3 is 2.55 bits per heavy atom. The maximum atomic E-state index is 6.15. The van der Waals surface area contributed by atoms with Crippen LogP contribution >= 0.6 is 34.7 Å². The lowest BCUT2D eigenvalue weighted by molar-refractivity contribution is 1.26. The van der Waals surface area contributed by atoms with Crippen LogP contribution in [0.5, 0.6) is 0 Å². The third kappa shape index (κ3) is 3.23. The molecule has 0 fully saturated rings. The summed E-state index contributed by atoms with van der Waals surface area (Å²) in [5, 5.41) is 4.03. The van der Waals surface area contributed by atoms with Gasteiger partial charge in [0.2, 0.25) is 0 Å². The lowest BCUT2D eigenvalue weighted by Gasteiger charge is -2.01. The van der Waals surface area contributed by atoms with Gasteiger partial charge in [-0.05, 0) is 12.1 Å². The fourth-order valence-corrected chi connectivity index (χ4v) is 3.88. The van der Waals surface area contributed by atoms with Gasteiger partial charge in [0, 0.05) is 15.8 Å². The van der Waals surface area contributed by atoms with Gasteiger partial charge in [0.15, 0.2) is 0 Å². The predicted octanol–water partition coefficient (Wildman–Crippen LogP) is 5.76. The molecule has 0 atom stereocenters. The number of thioether (sulfide) groups is 1. The zero-order valence-electron chi connectivity index (χ0n) is 10.6. The van der Waals surface area contributed by atoms with Crippen molar-refractivity contribution in [3.8, 4) is 11.3 Å². The molecule has 0 radical (unpaired) electrons. The summed E-state index contributed by atoms with van der Waals surface area (Å²) in [5.41, 5.74) is 2.21. The van der Waals surface area contributed by atoms with Crippen molar-refractivity contribution >= 4 is 34.7 Å². The molecule has 3 rings (SSSR count). The Kier molecular flexibility index (Phi) is 4.41. The maximum absolute atomic E-state index is 6.15. The first-order valence-electron chi connectivity index (χ1n) is 6.20. The monoisotopic (exact) mass is 317 g/mol. The van der Waals surface area contributed by atoms with Gasteiger partial charge in [-0.25, -0.2) is 4.98 Å². The zero-order chi connectivity index (χ0) is 13.8. The second-order valence-electron chi connectivity index (χ2n) is 4.21. The second-order valence-corrected chi connectivity index (χ2v) is 6.58. The first-order valence-corrected chi connectivity index (χ1v) is 8.44. The Morgan fingerprint density at radius 2 is 1.75 bits per heavy atom. The number of hydrogen-bond acceptors (Lipinski definition) is 3. The third-order valence-corrected chi connectivity index (χ3v) is 5.37. The van der Waals surface area contributed by atoms with Crippen LogP contribution in [0.4, 0.5) is 0 Å². The average molecular weight is 318 g/mol. The van der Waals surface area contributed by atoms with E-state index in [9.17, 15) is 0 Å². The van der Waals surface area contributed by atoms with Crippen molar-refractivity contribution in [2.75, 3.05) is 0 Å². The molecular weight excluding hydrogens is 306 g/mol. The molecule has 1 heterocycles. The van der Waals surface area contributed by atoms with Gasteiger partial charge in [0.25, 0.3) is 0 Å². The van der Waals surface area contributed by atoms with Gasteiger partial charge >= 0.3 is 0 Å². The van der Waals surface area contributed by atoms with Crippen LogP contribution in [0.3, 0.4) is 0 Å². The number of nitrogens with zero attached hydrogens (tertiary/aromatic N) is 1. The van der Waals surface area contributed by atoms with E-state index in [0.717, 1.165) is 31.9 Å². The van der Waals surface area contributed by atoms with Crippen molar-refractivity contribution in [1.82, 2.24) is 4.98 Å². The molecule has 4 heteroatoms. The van der Waals surface area contributed by atoms with Gasteiger partial charge in [0.05, 0.1) is 16.5 Å². The van der Waals surface area contributed by atoms with E-state index in [0.29, 0.717) is 0 Å². The van der Waals surface area contributed by atoms with E-state index in [1.165, 1.54) is 0 Å². The quantitative estimate of drug-likeness (QED) is 0.568. The summed E-state index contributed by atoms with van der Waals surface area (Å²) in [7, 11) is 0. The Labute approximate surface area is 131 Å².